The number of carbonyl (C=O) groups is 1. The van der Waals surface area contributed by atoms with E-state index in [4.69, 9.17) is 16.3 Å². The highest BCUT2D eigenvalue weighted by molar-refractivity contribution is 6.30. The summed E-state index contributed by atoms with van der Waals surface area (Å²) in [6, 6.07) is 5.97. The lowest BCUT2D eigenvalue weighted by Gasteiger charge is -2.09. The molecule has 1 aromatic heterocycles. The smallest absolute Gasteiger partial charge is 0.330 e. The van der Waals surface area contributed by atoms with Gasteiger partial charge >= 0.3 is 5.97 Å². The van der Waals surface area contributed by atoms with Crippen LogP contribution in [-0.2, 0) is 16.1 Å². The molecular weight excluding hydrogens is 262 g/mol. The maximum absolute atomic E-state index is 11.1. The molecule has 0 radical (unpaired) electrons. The number of carbonyl (C=O) groups excluding carboxylic acids is 1. The number of nitrogens with zero attached hydrogens (tertiary/aromatic N) is 1. The number of hydrogen-bond acceptors (Lipinski definition) is 3. The molecule has 19 heavy (non-hydrogen) atoms. The van der Waals surface area contributed by atoms with E-state index in [1.165, 1.54) is 0 Å². The Labute approximate surface area is 116 Å². The summed E-state index contributed by atoms with van der Waals surface area (Å²) in [6.45, 7) is 7.48. The first-order valence-electron chi connectivity index (χ1n) is 5.87. The fourth-order valence-electron chi connectivity index (χ4n) is 1.96. The Hall–Kier alpha value is -1.87. The second-order valence-electron chi connectivity index (χ2n) is 4.40. The highest BCUT2D eigenvalue weighted by Crippen LogP contribution is 2.25. The van der Waals surface area contributed by atoms with Gasteiger partial charge in [0, 0.05) is 17.0 Å². The summed E-state index contributed by atoms with van der Waals surface area (Å²) < 4.78 is 4.99. The first-order valence-corrected chi connectivity index (χ1v) is 6.24. The van der Waals surface area contributed by atoms with Crippen LogP contribution in [0, 0.1) is 13.8 Å². The van der Waals surface area contributed by atoms with E-state index < -0.39 is 5.97 Å². The van der Waals surface area contributed by atoms with Crippen LogP contribution in [0.25, 0.3) is 10.9 Å². The van der Waals surface area contributed by atoms with Gasteiger partial charge in [0.25, 0.3) is 0 Å². The molecule has 0 unspecified atom stereocenters. The van der Waals surface area contributed by atoms with Crippen LogP contribution < -0.4 is 0 Å². The van der Waals surface area contributed by atoms with Crippen molar-refractivity contribution in [2.45, 2.75) is 20.5 Å². The molecule has 0 saturated carbocycles. The van der Waals surface area contributed by atoms with Gasteiger partial charge in [-0.05, 0) is 37.1 Å². The number of pyridine rings is 1. The van der Waals surface area contributed by atoms with Crippen LogP contribution in [-0.4, -0.2) is 11.0 Å². The lowest BCUT2D eigenvalue weighted by atomic mass is 10.0. The number of rotatable bonds is 3. The molecule has 0 atom stereocenters. The van der Waals surface area contributed by atoms with Crippen molar-refractivity contribution in [3.05, 3.63) is 52.7 Å². The Bertz CT molecular complexity index is 665. The van der Waals surface area contributed by atoms with Crippen LogP contribution in [0.4, 0.5) is 0 Å². The number of ether oxygens (including phenoxy) is 1. The van der Waals surface area contributed by atoms with E-state index in [9.17, 15) is 4.79 Å². The van der Waals surface area contributed by atoms with Crippen LogP contribution in [0.15, 0.2) is 30.9 Å². The molecule has 3 nitrogen and oxygen atoms in total. The maximum Gasteiger partial charge on any atom is 0.330 e. The monoisotopic (exact) mass is 275 g/mol. The van der Waals surface area contributed by atoms with Gasteiger partial charge in [-0.15, -0.1) is 0 Å². The van der Waals surface area contributed by atoms with Gasteiger partial charge in [0.1, 0.15) is 11.8 Å². The van der Waals surface area contributed by atoms with E-state index in [-0.39, 0.29) is 6.61 Å². The maximum atomic E-state index is 11.1. The topological polar surface area (TPSA) is 39.2 Å². The highest BCUT2D eigenvalue weighted by Gasteiger charge is 2.09. The predicted molar refractivity (Wildman–Crippen MR) is 76.2 cm³/mol. The molecule has 1 aromatic carbocycles. The number of esters is 1. The molecular formula is C15H14ClNO2. The van der Waals surface area contributed by atoms with Gasteiger partial charge < -0.3 is 4.74 Å². The van der Waals surface area contributed by atoms with Gasteiger partial charge in [0.2, 0.25) is 0 Å². The molecule has 0 N–H and O–H groups in total. The number of fused-ring (bicyclic) bond motifs is 1. The van der Waals surface area contributed by atoms with Gasteiger partial charge in [-0.2, -0.15) is 0 Å². The van der Waals surface area contributed by atoms with E-state index in [1.54, 1.807) is 0 Å². The van der Waals surface area contributed by atoms with Gasteiger partial charge in [-0.1, -0.05) is 24.2 Å². The van der Waals surface area contributed by atoms with Crippen molar-refractivity contribution in [2.75, 3.05) is 0 Å². The predicted octanol–water partition coefficient (Wildman–Crippen LogP) is 3.73. The normalized spacial score (nSPS) is 10.5. The Kier molecular flexibility index (Phi) is 3.86. The SMILES string of the molecule is C=CC(=O)OCc1cc2c(C)cc(C)cc2nc1Cl. The van der Waals surface area contributed by atoms with Crippen molar-refractivity contribution < 1.29 is 9.53 Å². The van der Waals surface area contributed by atoms with Crippen LogP contribution >= 0.6 is 11.6 Å². The molecule has 2 aromatic rings. The van der Waals surface area contributed by atoms with Crippen molar-refractivity contribution in [3.8, 4) is 0 Å². The number of aryl methyl sites for hydroxylation is 2. The average molecular weight is 276 g/mol. The van der Waals surface area contributed by atoms with E-state index in [0.717, 1.165) is 28.1 Å². The van der Waals surface area contributed by atoms with Gasteiger partial charge in [0.05, 0.1) is 5.52 Å². The zero-order chi connectivity index (χ0) is 14.0. The molecule has 0 amide bonds. The summed E-state index contributed by atoms with van der Waals surface area (Å²) in [4.78, 5) is 15.4. The lowest BCUT2D eigenvalue weighted by molar-refractivity contribution is -0.138. The number of aromatic nitrogens is 1. The molecule has 98 valence electrons. The molecule has 4 heteroatoms. The van der Waals surface area contributed by atoms with Crippen molar-refractivity contribution in [2.24, 2.45) is 0 Å². The molecule has 0 saturated heterocycles. The van der Waals surface area contributed by atoms with E-state index in [1.807, 2.05) is 26.0 Å². The van der Waals surface area contributed by atoms with Gasteiger partial charge in [0.15, 0.2) is 0 Å². The third-order valence-electron chi connectivity index (χ3n) is 2.85. The lowest BCUT2D eigenvalue weighted by Crippen LogP contribution is -2.02. The Morgan fingerprint density at radius 1 is 1.42 bits per heavy atom. The summed E-state index contributed by atoms with van der Waals surface area (Å²) in [5, 5.41) is 1.37. The minimum absolute atomic E-state index is 0.0972. The molecule has 1 heterocycles. The second-order valence-corrected chi connectivity index (χ2v) is 4.76. The van der Waals surface area contributed by atoms with Gasteiger partial charge in [-0.25, -0.2) is 9.78 Å². The van der Waals surface area contributed by atoms with E-state index in [0.29, 0.717) is 10.7 Å². The van der Waals surface area contributed by atoms with Gasteiger partial charge in [-0.3, -0.25) is 0 Å². The van der Waals surface area contributed by atoms with Crippen LogP contribution in [0.5, 0.6) is 0 Å². The van der Waals surface area contributed by atoms with Crippen molar-refractivity contribution in [1.29, 1.82) is 0 Å². The molecule has 0 fully saturated rings. The summed E-state index contributed by atoms with van der Waals surface area (Å²) in [6.07, 6.45) is 1.12. The Balaban J connectivity index is 2.43. The largest absolute Gasteiger partial charge is 0.458 e. The summed E-state index contributed by atoms with van der Waals surface area (Å²) >= 11 is 6.11. The number of halogens is 1. The first-order chi connectivity index (χ1) is 9.01. The fourth-order valence-corrected chi connectivity index (χ4v) is 2.16. The van der Waals surface area contributed by atoms with E-state index in [2.05, 4.69) is 17.6 Å². The highest BCUT2D eigenvalue weighted by atomic mass is 35.5. The molecule has 0 aliphatic carbocycles. The van der Waals surface area contributed by atoms with Crippen molar-refractivity contribution in [3.63, 3.8) is 0 Å². The zero-order valence-electron chi connectivity index (χ0n) is 10.9. The third kappa shape index (κ3) is 2.93. The Morgan fingerprint density at radius 2 is 2.16 bits per heavy atom. The summed E-state index contributed by atoms with van der Waals surface area (Å²) in [5.41, 5.74) is 3.80. The third-order valence-corrected chi connectivity index (χ3v) is 3.18. The molecule has 0 aliphatic rings. The fraction of sp³-hybridized carbons (Fsp3) is 0.200. The number of hydrogen-bond donors (Lipinski definition) is 0. The molecule has 0 bridgehead atoms. The van der Waals surface area contributed by atoms with Crippen molar-refractivity contribution >= 4 is 28.5 Å². The minimum atomic E-state index is -0.475. The van der Waals surface area contributed by atoms with Crippen LogP contribution in [0.1, 0.15) is 16.7 Å². The summed E-state index contributed by atoms with van der Waals surface area (Å²) in [7, 11) is 0. The van der Waals surface area contributed by atoms with Crippen LogP contribution in [0.2, 0.25) is 5.15 Å². The van der Waals surface area contributed by atoms with Crippen LogP contribution in [0.3, 0.4) is 0 Å². The Morgan fingerprint density at radius 3 is 2.84 bits per heavy atom. The quantitative estimate of drug-likeness (QED) is 0.487. The molecule has 0 aliphatic heterocycles. The molecule has 2 rings (SSSR count). The molecule has 0 spiro atoms. The zero-order valence-corrected chi connectivity index (χ0v) is 11.6. The minimum Gasteiger partial charge on any atom is -0.458 e. The van der Waals surface area contributed by atoms with Crippen molar-refractivity contribution in [1.82, 2.24) is 4.98 Å². The first kappa shape index (κ1) is 13.6. The standard InChI is InChI=1S/C15H14ClNO2/c1-4-14(18)19-8-11-7-12-10(3)5-9(2)6-13(12)17-15(11)16/h4-7H,1,8H2,2-3H3. The second kappa shape index (κ2) is 5.41. The number of benzene rings is 1. The average Bonchev–Trinajstić information content (AvgIpc) is 2.36. The van der Waals surface area contributed by atoms with E-state index >= 15 is 0 Å². The summed E-state index contributed by atoms with van der Waals surface area (Å²) in [5.74, 6) is -0.475.